The van der Waals surface area contributed by atoms with Crippen molar-refractivity contribution in [3.05, 3.63) is 29.8 Å². The maximum Gasteiger partial charge on any atom is 0.241 e. The van der Waals surface area contributed by atoms with E-state index in [9.17, 15) is 9.90 Å². The molecule has 0 saturated heterocycles. The quantitative estimate of drug-likeness (QED) is 0.708. The molecule has 0 saturated carbocycles. The molecule has 4 heteroatoms. The number of rotatable bonds is 5. The maximum absolute atomic E-state index is 12.1. The van der Waals surface area contributed by atoms with Crippen LogP contribution in [0, 0.1) is 0 Å². The van der Waals surface area contributed by atoms with Gasteiger partial charge in [-0.2, -0.15) is 0 Å². The Morgan fingerprint density at radius 2 is 2.26 bits per heavy atom. The summed E-state index contributed by atoms with van der Waals surface area (Å²) in [6.07, 6.45) is 3.10. The molecule has 0 spiro atoms. The zero-order chi connectivity index (χ0) is 13.7. The van der Waals surface area contributed by atoms with Crippen molar-refractivity contribution in [2.45, 2.75) is 44.8 Å². The SMILES string of the molecule is CC(O)CCCNC1CCc2ccccc2NC1=O. The zero-order valence-electron chi connectivity index (χ0n) is 11.4. The molecule has 1 amide bonds. The van der Waals surface area contributed by atoms with Crippen LogP contribution in [0.15, 0.2) is 24.3 Å². The molecule has 104 valence electrons. The van der Waals surface area contributed by atoms with E-state index in [0.29, 0.717) is 0 Å². The van der Waals surface area contributed by atoms with E-state index in [1.165, 1.54) is 5.56 Å². The lowest BCUT2D eigenvalue weighted by Crippen LogP contribution is -2.40. The van der Waals surface area contributed by atoms with Crippen molar-refractivity contribution in [3.63, 3.8) is 0 Å². The summed E-state index contributed by atoms with van der Waals surface area (Å²) in [6.45, 7) is 2.55. The Balaban J connectivity index is 1.86. The summed E-state index contributed by atoms with van der Waals surface area (Å²) in [5.41, 5.74) is 2.13. The second-order valence-corrected chi connectivity index (χ2v) is 5.18. The number of carbonyl (C=O) groups is 1. The molecule has 2 rings (SSSR count). The topological polar surface area (TPSA) is 61.4 Å². The van der Waals surface area contributed by atoms with E-state index in [0.717, 1.165) is 37.9 Å². The number of carbonyl (C=O) groups excluding carboxylic acids is 1. The van der Waals surface area contributed by atoms with E-state index in [4.69, 9.17) is 0 Å². The first-order valence-electron chi connectivity index (χ1n) is 6.97. The number of anilines is 1. The van der Waals surface area contributed by atoms with Gasteiger partial charge >= 0.3 is 0 Å². The van der Waals surface area contributed by atoms with E-state index >= 15 is 0 Å². The minimum absolute atomic E-state index is 0.0435. The van der Waals surface area contributed by atoms with Gasteiger partial charge in [0, 0.05) is 5.69 Å². The molecule has 1 heterocycles. The predicted molar refractivity (Wildman–Crippen MR) is 76.1 cm³/mol. The Labute approximate surface area is 114 Å². The Morgan fingerprint density at radius 1 is 1.47 bits per heavy atom. The standard InChI is InChI=1S/C15H22N2O2/c1-11(18)5-4-10-16-14-9-8-12-6-2-3-7-13(12)17-15(14)19/h2-3,6-7,11,14,16,18H,4-5,8-10H2,1H3,(H,17,19). The number of aliphatic hydroxyl groups excluding tert-OH is 1. The van der Waals surface area contributed by atoms with Crippen LogP contribution in [0.4, 0.5) is 5.69 Å². The number of aliphatic hydroxyl groups is 1. The highest BCUT2D eigenvalue weighted by atomic mass is 16.3. The third kappa shape index (κ3) is 4.04. The molecule has 1 aromatic carbocycles. The third-order valence-corrected chi connectivity index (χ3v) is 3.48. The Bertz CT molecular complexity index is 432. The molecule has 0 fully saturated rings. The summed E-state index contributed by atoms with van der Waals surface area (Å²) in [5, 5.41) is 15.4. The zero-order valence-corrected chi connectivity index (χ0v) is 11.4. The van der Waals surface area contributed by atoms with Crippen molar-refractivity contribution < 1.29 is 9.90 Å². The van der Waals surface area contributed by atoms with Crippen LogP contribution in [0.5, 0.6) is 0 Å². The molecule has 0 aliphatic carbocycles. The molecule has 1 aromatic rings. The number of hydrogen-bond donors (Lipinski definition) is 3. The van der Waals surface area contributed by atoms with Gasteiger partial charge in [0.25, 0.3) is 0 Å². The molecule has 2 atom stereocenters. The van der Waals surface area contributed by atoms with E-state index in [1.54, 1.807) is 6.92 Å². The number of nitrogens with one attached hydrogen (secondary N) is 2. The molecule has 3 N–H and O–H groups in total. The van der Waals surface area contributed by atoms with Crippen molar-refractivity contribution in [3.8, 4) is 0 Å². The molecule has 1 aliphatic heterocycles. The van der Waals surface area contributed by atoms with Gasteiger partial charge in [0.2, 0.25) is 5.91 Å². The molecule has 2 unspecified atom stereocenters. The van der Waals surface area contributed by atoms with Crippen LogP contribution < -0.4 is 10.6 Å². The summed E-state index contributed by atoms with van der Waals surface area (Å²) in [5.74, 6) is 0.0435. The fourth-order valence-electron chi connectivity index (χ4n) is 2.38. The third-order valence-electron chi connectivity index (χ3n) is 3.48. The molecule has 0 aromatic heterocycles. The average Bonchev–Trinajstić information content (AvgIpc) is 2.53. The van der Waals surface area contributed by atoms with E-state index in [1.807, 2.05) is 18.2 Å². The molecule has 19 heavy (non-hydrogen) atoms. The van der Waals surface area contributed by atoms with Crippen LogP contribution in [-0.2, 0) is 11.2 Å². The van der Waals surface area contributed by atoms with Gasteiger partial charge in [-0.05, 0) is 50.8 Å². The Kier molecular flexibility index (Phi) is 4.93. The number of amides is 1. The van der Waals surface area contributed by atoms with Gasteiger partial charge in [0.1, 0.15) is 0 Å². The molecule has 4 nitrogen and oxygen atoms in total. The Morgan fingerprint density at radius 3 is 3.05 bits per heavy atom. The van der Waals surface area contributed by atoms with Gasteiger partial charge in [-0.15, -0.1) is 0 Å². The molecule has 0 bridgehead atoms. The fraction of sp³-hybridized carbons (Fsp3) is 0.533. The number of aryl methyl sites for hydroxylation is 1. The molecule has 1 aliphatic rings. The van der Waals surface area contributed by atoms with Crippen molar-refractivity contribution in [1.82, 2.24) is 5.32 Å². The van der Waals surface area contributed by atoms with Gasteiger partial charge in [-0.25, -0.2) is 0 Å². The summed E-state index contributed by atoms with van der Waals surface area (Å²) in [7, 11) is 0. The largest absolute Gasteiger partial charge is 0.393 e. The first-order chi connectivity index (χ1) is 9.16. The van der Waals surface area contributed by atoms with Gasteiger partial charge < -0.3 is 15.7 Å². The van der Waals surface area contributed by atoms with Gasteiger partial charge in [-0.3, -0.25) is 4.79 Å². The van der Waals surface area contributed by atoms with Gasteiger partial charge in [0.15, 0.2) is 0 Å². The summed E-state index contributed by atoms with van der Waals surface area (Å²) in [6, 6.07) is 7.81. The lowest BCUT2D eigenvalue weighted by atomic mass is 10.1. The van der Waals surface area contributed by atoms with Crippen molar-refractivity contribution in [2.24, 2.45) is 0 Å². The van der Waals surface area contributed by atoms with E-state index in [2.05, 4.69) is 16.7 Å². The van der Waals surface area contributed by atoms with Crippen LogP contribution in [0.1, 0.15) is 31.7 Å². The minimum Gasteiger partial charge on any atom is -0.393 e. The smallest absolute Gasteiger partial charge is 0.241 e. The molecule has 0 radical (unpaired) electrons. The highest BCUT2D eigenvalue weighted by molar-refractivity contribution is 5.96. The minimum atomic E-state index is -0.269. The number of benzene rings is 1. The average molecular weight is 262 g/mol. The van der Waals surface area contributed by atoms with Crippen molar-refractivity contribution >= 4 is 11.6 Å². The number of para-hydroxylation sites is 1. The van der Waals surface area contributed by atoms with Crippen molar-refractivity contribution in [2.75, 3.05) is 11.9 Å². The molecular weight excluding hydrogens is 240 g/mol. The second-order valence-electron chi connectivity index (χ2n) is 5.18. The second kappa shape index (κ2) is 6.68. The van der Waals surface area contributed by atoms with E-state index < -0.39 is 0 Å². The first kappa shape index (κ1) is 14.0. The summed E-state index contributed by atoms with van der Waals surface area (Å²) < 4.78 is 0. The van der Waals surface area contributed by atoms with Crippen LogP contribution >= 0.6 is 0 Å². The fourth-order valence-corrected chi connectivity index (χ4v) is 2.38. The molecular formula is C15H22N2O2. The van der Waals surface area contributed by atoms with Crippen molar-refractivity contribution in [1.29, 1.82) is 0 Å². The highest BCUT2D eigenvalue weighted by Gasteiger charge is 2.22. The maximum atomic E-state index is 12.1. The monoisotopic (exact) mass is 262 g/mol. The lowest BCUT2D eigenvalue weighted by Gasteiger charge is -2.15. The number of fused-ring (bicyclic) bond motifs is 1. The van der Waals surface area contributed by atoms with Gasteiger partial charge in [-0.1, -0.05) is 18.2 Å². The highest BCUT2D eigenvalue weighted by Crippen LogP contribution is 2.21. The first-order valence-corrected chi connectivity index (χ1v) is 6.97. The summed E-state index contributed by atoms with van der Waals surface area (Å²) >= 11 is 0. The predicted octanol–water partition coefficient (Wildman–Crippen LogP) is 1.69. The lowest BCUT2D eigenvalue weighted by molar-refractivity contribution is -0.118. The Hall–Kier alpha value is -1.39. The van der Waals surface area contributed by atoms with Gasteiger partial charge in [0.05, 0.1) is 12.1 Å². The van der Waals surface area contributed by atoms with Crippen LogP contribution in [0.25, 0.3) is 0 Å². The van der Waals surface area contributed by atoms with Crippen LogP contribution in [-0.4, -0.2) is 29.7 Å². The van der Waals surface area contributed by atoms with Crippen LogP contribution in [0.3, 0.4) is 0 Å². The normalized spacial score (nSPS) is 20.3. The number of hydrogen-bond acceptors (Lipinski definition) is 3. The van der Waals surface area contributed by atoms with E-state index in [-0.39, 0.29) is 18.1 Å². The summed E-state index contributed by atoms with van der Waals surface area (Å²) in [4.78, 5) is 12.1. The van der Waals surface area contributed by atoms with Crippen LogP contribution in [0.2, 0.25) is 0 Å².